The van der Waals surface area contributed by atoms with Crippen molar-refractivity contribution >= 4 is 41.4 Å². The number of carboxylic acids is 2. The molecular formula is C23H19ClN2O6. The number of carboxylic acid groups (broad SMARTS) is 2. The lowest BCUT2D eigenvalue weighted by atomic mass is 10.1. The summed E-state index contributed by atoms with van der Waals surface area (Å²) < 4.78 is 6.46. The number of methoxy groups -OCH3 is 1. The van der Waals surface area contributed by atoms with Gasteiger partial charge in [-0.05, 0) is 56.3 Å². The van der Waals surface area contributed by atoms with Gasteiger partial charge in [-0.1, -0.05) is 11.6 Å². The minimum absolute atomic E-state index is 0.131. The van der Waals surface area contributed by atoms with Crippen LogP contribution in [0.3, 0.4) is 0 Å². The summed E-state index contributed by atoms with van der Waals surface area (Å²) in [4.78, 5) is 39.1. The van der Waals surface area contributed by atoms with Crippen molar-refractivity contribution in [3.63, 3.8) is 0 Å². The number of hydrogen-bond donors (Lipinski definition) is 2. The number of aryl methyl sites for hydroxylation is 1. The normalized spacial score (nSPS) is 11.0. The van der Waals surface area contributed by atoms with Crippen LogP contribution in [-0.2, 0) is 4.74 Å². The Labute approximate surface area is 188 Å². The number of benzene rings is 2. The minimum Gasteiger partial charge on any atom is -0.478 e. The smallest absolute Gasteiger partial charge is 0.337 e. The van der Waals surface area contributed by atoms with Gasteiger partial charge in [0, 0.05) is 28.9 Å². The molecule has 8 nitrogen and oxygen atoms in total. The summed E-state index contributed by atoms with van der Waals surface area (Å²) in [6.07, 6.45) is 1.57. The number of halogens is 1. The molecule has 0 spiro atoms. The minimum atomic E-state index is -1.22. The van der Waals surface area contributed by atoms with Gasteiger partial charge in [0.25, 0.3) is 0 Å². The molecule has 0 aliphatic heterocycles. The number of esters is 1. The van der Waals surface area contributed by atoms with Gasteiger partial charge in [0.2, 0.25) is 0 Å². The molecule has 164 valence electrons. The standard InChI is InChI=1S/C23H19ClN2O6/c1-12-6-17(11-25-20-10-14(23(31)32-3)4-5-19(20)24)13(2)26(12)18-8-15(21(27)28)7-16(9-18)22(29)30/h4-11H,1-3H3,(H,27,28)(H,29,30). The van der Waals surface area contributed by atoms with E-state index in [0.29, 0.717) is 33.2 Å². The van der Waals surface area contributed by atoms with E-state index in [9.17, 15) is 24.6 Å². The van der Waals surface area contributed by atoms with E-state index in [1.807, 2.05) is 13.0 Å². The zero-order valence-electron chi connectivity index (χ0n) is 17.4. The monoisotopic (exact) mass is 454 g/mol. The highest BCUT2D eigenvalue weighted by atomic mass is 35.5. The molecule has 0 radical (unpaired) electrons. The molecule has 3 rings (SSSR count). The van der Waals surface area contributed by atoms with Crippen molar-refractivity contribution in [3.05, 3.63) is 81.1 Å². The number of carbonyl (C=O) groups excluding carboxylic acids is 1. The molecule has 0 fully saturated rings. The van der Waals surface area contributed by atoms with Crippen LogP contribution in [0.25, 0.3) is 5.69 Å². The quantitative estimate of drug-likeness (QED) is 0.412. The number of nitrogens with zero attached hydrogens (tertiary/aromatic N) is 2. The Morgan fingerprint density at radius 1 is 0.969 bits per heavy atom. The van der Waals surface area contributed by atoms with E-state index in [1.165, 1.54) is 31.4 Å². The lowest BCUT2D eigenvalue weighted by Crippen LogP contribution is -2.07. The second kappa shape index (κ2) is 9.07. The van der Waals surface area contributed by atoms with Gasteiger partial charge in [0.15, 0.2) is 0 Å². The first kappa shape index (κ1) is 22.8. The fourth-order valence-electron chi connectivity index (χ4n) is 3.30. The van der Waals surface area contributed by atoms with Crippen molar-refractivity contribution in [1.29, 1.82) is 0 Å². The van der Waals surface area contributed by atoms with Crippen molar-refractivity contribution in [1.82, 2.24) is 4.57 Å². The Morgan fingerprint density at radius 2 is 1.59 bits per heavy atom. The number of aliphatic imine (C=N–C) groups is 1. The fraction of sp³-hybridized carbons (Fsp3) is 0.130. The number of hydrogen-bond acceptors (Lipinski definition) is 5. The number of aromatic nitrogens is 1. The summed E-state index contributed by atoms with van der Waals surface area (Å²) in [5.41, 5.74) is 2.99. The third-order valence-electron chi connectivity index (χ3n) is 4.85. The Morgan fingerprint density at radius 3 is 2.16 bits per heavy atom. The number of ether oxygens (including phenoxy) is 1. The zero-order valence-corrected chi connectivity index (χ0v) is 18.2. The summed E-state index contributed by atoms with van der Waals surface area (Å²) >= 11 is 6.19. The van der Waals surface area contributed by atoms with E-state index in [0.717, 1.165) is 11.8 Å². The highest BCUT2D eigenvalue weighted by molar-refractivity contribution is 6.33. The van der Waals surface area contributed by atoms with Crippen molar-refractivity contribution in [3.8, 4) is 5.69 Å². The molecule has 0 saturated heterocycles. The van der Waals surface area contributed by atoms with Crippen LogP contribution in [0.2, 0.25) is 5.02 Å². The van der Waals surface area contributed by atoms with Crippen LogP contribution in [0, 0.1) is 13.8 Å². The molecule has 2 aromatic carbocycles. The molecule has 2 N–H and O–H groups in total. The highest BCUT2D eigenvalue weighted by Crippen LogP contribution is 2.27. The third-order valence-corrected chi connectivity index (χ3v) is 5.17. The molecule has 0 aliphatic rings. The molecule has 0 atom stereocenters. The maximum absolute atomic E-state index is 11.8. The molecule has 1 heterocycles. The Bertz CT molecular complexity index is 1240. The van der Waals surface area contributed by atoms with E-state index in [-0.39, 0.29) is 11.1 Å². The van der Waals surface area contributed by atoms with Gasteiger partial charge in [-0.15, -0.1) is 0 Å². The Hall–Kier alpha value is -3.91. The predicted octanol–water partition coefficient (Wildman–Crippen LogP) is 4.68. The van der Waals surface area contributed by atoms with Gasteiger partial charge in [-0.3, -0.25) is 4.99 Å². The van der Waals surface area contributed by atoms with E-state index >= 15 is 0 Å². The van der Waals surface area contributed by atoms with Crippen LogP contribution in [0.1, 0.15) is 48.0 Å². The topological polar surface area (TPSA) is 118 Å². The number of aromatic carboxylic acids is 2. The van der Waals surface area contributed by atoms with Gasteiger partial charge >= 0.3 is 17.9 Å². The molecule has 0 bridgehead atoms. The van der Waals surface area contributed by atoms with Gasteiger partial charge in [-0.2, -0.15) is 0 Å². The fourth-order valence-corrected chi connectivity index (χ4v) is 3.46. The maximum Gasteiger partial charge on any atom is 0.337 e. The van der Waals surface area contributed by atoms with Gasteiger partial charge in [0.1, 0.15) is 0 Å². The van der Waals surface area contributed by atoms with E-state index < -0.39 is 17.9 Å². The van der Waals surface area contributed by atoms with Crippen molar-refractivity contribution in [2.75, 3.05) is 7.11 Å². The molecule has 1 aromatic heterocycles. The predicted molar refractivity (Wildman–Crippen MR) is 119 cm³/mol. The molecule has 0 unspecified atom stereocenters. The maximum atomic E-state index is 11.8. The molecule has 9 heteroatoms. The largest absolute Gasteiger partial charge is 0.478 e. The Kier molecular flexibility index (Phi) is 6.45. The summed E-state index contributed by atoms with van der Waals surface area (Å²) in [6, 6.07) is 10.4. The summed E-state index contributed by atoms with van der Waals surface area (Å²) in [5, 5.41) is 19.1. The van der Waals surface area contributed by atoms with Crippen LogP contribution < -0.4 is 0 Å². The first-order valence-corrected chi connectivity index (χ1v) is 9.73. The molecule has 32 heavy (non-hydrogen) atoms. The second-order valence-electron chi connectivity index (χ2n) is 6.96. The van der Waals surface area contributed by atoms with Gasteiger partial charge in [-0.25, -0.2) is 14.4 Å². The number of rotatable bonds is 6. The van der Waals surface area contributed by atoms with Crippen LogP contribution >= 0.6 is 11.6 Å². The summed E-state index contributed by atoms with van der Waals surface area (Å²) in [5.74, 6) is -2.96. The Balaban J connectivity index is 2.06. The van der Waals surface area contributed by atoms with Gasteiger partial charge in [0.05, 0.1) is 34.5 Å². The first-order valence-electron chi connectivity index (χ1n) is 9.35. The number of carbonyl (C=O) groups is 3. The average Bonchev–Trinajstić information content (AvgIpc) is 3.05. The van der Waals surface area contributed by atoms with E-state index in [2.05, 4.69) is 4.99 Å². The molecule has 0 saturated carbocycles. The first-order chi connectivity index (χ1) is 15.1. The molecule has 3 aromatic rings. The average molecular weight is 455 g/mol. The van der Waals surface area contributed by atoms with Crippen LogP contribution in [0.4, 0.5) is 5.69 Å². The zero-order chi connectivity index (χ0) is 23.6. The summed E-state index contributed by atoms with van der Waals surface area (Å²) in [6.45, 7) is 3.61. The second-order valence-corrected chi connectivity index (χ2v) is 7.36. The van der Waals surface area contributed by atoms with Crippen molar-refractivity contribution in [2.24, 2.45) is 4.99 Å². The molecule has 0 amide bonds. The van der Waals surface area contributed by atoms with Crippen molar-refractivity contribution in [2.45, 2.75) is 13.8 Å². The van der Waals surface area contributed by atoms with Crippen LogP contribution in [0.5, 0.6) is 0 Å². The molecular weight excluding hydrogens is 436 g/mol. The van der Waals surface area contributed by atoms with E-state index in [4.69, 9.17) is 16.3 Å². The summed E-state index contributed by atoms with van der Waals surface area (Å²) in [7, 11) is 1.28. The van der Waals surface area contributed by atoms with Gasteiger partial charge < -0.3 is 19.5 Å². The third kappa shape index (κ3) is 4.55. The SMILES string of the molecule is COC(=O)c1ccc(Cl)c(N=Cc2cc(C)n(-c3cc(C(=O)O)cc(C(=O)O)c3)c2C)c1. The lowest BCUT2D eigenvalue weighted by molar-refractivity contribution is 0.0599. The lowest BCUT2D eigenvalue weighted by Gasteiger charge is -2.12. The molecule has 0 aliphatic carbocycles. The van der Waals surface area contributed by atoms with Crippen LogP contribution in [0.15, 0.2) is 47.5 Å². The highest BCUT2D eigenvalue weighted by Gasteiger charge is 2.16. The van der Waals surface area contributed by atoms with Crippen molar-refractivity contribution < 1.29 is 29.3 Å². The van der Waals surface area contributed by atoms with E-state index in [1.54, 1.807) is 23.8 Å². The van der Waals surface area contributed by atoms with Crippen LogP contribution in [-0.4, -0.2) is 46.0 Å².